The number of amides is 1. The summed E-state index contributed by atoms with van der Waals surface area (Å²) >= 11 is 0. The average molecular weight is 365 g/mol. The van der Waals surface area contributed by atoms with Gasteiger partial charge < -0.3 is 4.90 Å². The smallest absolute Gasteiger partial charge is 0.254 e. The van der Waals surface area contributed by atoms with Gasteiger partial charge in [-0.05, 0) is 70.7 Å². The number of carbonyl (C=O) groups excluding carboxylic acids is 1. The average Bonchev–Trinajstić information content (AvgIpc) is 3.19. The first-order valence-corrected chi connectivity index (χ1v) is 10.6. The van der Waals surface area contributed by atoms with Gasteiger partial charge in [0.15, 0.2) is 0 Å². The molecule has 0 radical (unpaired) electrons. The highest BCUT2D eigenvalue weighted by Crippen LogP contribution is 2.35. The van der Waals surface area contributed by atoms with Crippen molar-refractivity contribution in [1.29, 1.82) is 0 Å². The van der Waals surface area contributed by atoms with E-state index in [1.807, 2.05) is 0 Å². The van der Waals surface area contributed by atoms with E-state index in [0.717, 1.165) is 25.7 Å². The minimum atomic E-state index is -3.58. The lowest BCUT2D eigenvalue weighted by atomic mass is 10.1. The molecule has 1 N–H and O–H groups in total. The summed E-state index contributed by atoms with van der Waals surface area (Å²) in [6.07, 6.45) is 6.73. The van der Waals surface area contributed by atoms with Gasteiger partial charge in [0.2, 0.25) is 10.0 Å². The van der Waals surface area contributed by atoms with Gasteiger partial charge >= 0.3 is 0 Å². The van der Waals surface area contributed by atoms with E-state index in [9.17, 15) is 13.2 Å². The Hall–Kier alpha value is -1.40. The molecule has 6 heteroatoms. The topological polar surface area (TPSA) is 66.5 Å². The van der Waals surface area contributed by atoms with E-state index >= 15 is 0 Å². The molecule has 2 aliphatic carbocycles. The molecule has 0 unspecified atom stereocenters. The maximum atomic E-state index is 13.0. The molecule has 3 rings (SSSR count). The molecule has 0 saturated heterocycles. The van der Waals surface area contributed by atoms with Gasteiger partial charge in [-0.1, -0.05) is 12.8 Å². The molecular formula is C19H28N2O3S. The molecule has 2 saturated carbocycles. The number of carbonyl (C=O) groups is 1. The Labute approximate surface area is 150 Å². The number of sulfonamides is 1. The highest BCUT2D eigenvalue weighted by Gasteiger charge is 2.38. The molecule has 0 atom stereocenters. The van der Waals surface area contributed by atoms with E-state index in [-0.39, 0.29) is 10.8 Å². The van der Waals surface area contributed by atoms with Crippen LogP contribution in [-0.2, 0) is 10.0 Å². The molecular weight excluding hydrogens is 336 g/mol. The minimum Gasteiger partial charge on any atom is -0.333 e. The Morgan fingerprint density at radius 2 is 1.52 bits per heavy atom. The summed E-state index contributed by atoms with van der Waals surface area (Å²) in [6, 6.07) is 7.07. The summed E-state index contributed by atoms with van der Waals surface area (Å²) in [7, 11) is -3.58. The summed E-state index contributed by atoms with van der Waals surface area (Å²) in [5.74, 6) is 0.0436. The number of hydrogen-bond donors (Lipinski definition) is 1. The Bertz CT molecular complexity index is 725. The van der Waals surface area contributed by atoms with Crippen LogP contribution in [0.25, 0.3) is 0 Å². The number of benzene rings is 1. The van der Waals surface area contributed by atoms with Crippen LogP contribution in [0.4, 0.5) is 0 Å². The predicted octanol–water partition coefficient (Wildman–Crippen LogP) is 3.31. The summed E-state index contributed by atoms with van der Waals surface area (Å²) in [5.41, 5.74) is 0.0342. The van der Waals surface area contributed by atoms with Gasteiger partial charge in [-0.25, -0.2) is 13.1 Å². The fourth-order valence-electron chi connectivity index (χ4n) is 3.55. The Kier molecular flexibility index (Phi) is 4.95. The zero-order chi connectivity index (χ0) is 18.2. The second kappa shape index (κ2) is 6.72. The summed E-state index contributed by atoms with van der Waals surface area (Å²) in [6.45, 7) is 5.41. The molecule has 5 nitrogen and oxygen atoms in total. The lowest BCUT2D eigenvalue weighted by molar-refractivity contribution is 0.0664. The van der Waals surface area contributed by atoms with Gasteiger partial charge in [0.25, 0.3) is 5.91 Å². The summed E-state index contributed by atoms with van der Waals surface area (Å²) in [4.78, 5) is 15.2. The van der Waals surface area contributed by atoms with E-state index in [1.54, 1.807) is 32.9 Å². The molecule has 1 aromatic rings. The fraction of sp³-hybridized carbons (Fsp3) is 0.632. The van der Waals surface area contributed by atoms with Gasteiger partial charge in [-0.2, -0.15) is 0 Å². The zero-order valence-corrected chi connectivity index (χ0v) is 16.1. The van der Waals surface area contributed by atoms with Crippen molar-refractivity contribution in [2.24, 2.45) is 0 Å². The first-order valence-electron chi connectivity index (χ1n) is 9.14. The number of rotatable bonds is 5. The molecule has 0 spiro atoms. The van der Waals surface area contributed by atoms with Crippen LogP contribution in [-0.4, -0.2) is 36.8 Å². The van der Waals surface area contributed by atoms with Crippen LogP contribution < -0.4 is 4.72 Å². The van der Waals surface area contributed by atoms with Gasteiger partial charge in [-0.15, -0.1) is 0 Å². The molecule has 2 fully saturated rings. The van der Waals surface area contributed by atoms with E-state index in [2.05, 4.69) is 9.62 Å². The first kappa shape index (κ1) is 18.4. The van der Waals surface area contributed by atoms with Crippen LogP contribution in [0.2, 0.25) is 0 Å². The van der Waals surface area contributed by atoms with E-state index in [4.69, 9.17) is 0 Å². The van der Waals surface area contributed by atoms with Gasteiger partial charge in [-0.3, -0.25) is 4.79 Å². The van der Waals surface area contributed by atoms with Crippen molar-refractivity contribution >= 4 is 15.9 Å². The van der Waals surface area contributed by atoms with Gasteiger partial charge in [0.1, 0.15) is 0 Å². The molecule has 138 valence electrons. The van der Waals surface area contributed by atoms with E-state index in [0.29, 0.717) is 17.6 Å². The van der Waals surface area contributed by atoms with E-state index in [1.165, 1.54) is 25.0 Å². The normalized spacial score (nSPS) is 19.2. The van der Waals surface area contributed by atoms with Gasteiger partial charge in [0.05, 0.1) is 4.90 Å². The number of nitrogens with one attached hydrogen (secondary N) is 1. The van der Waals surface area contributed by atoms with Crippen molar-refractivity contribution in [2.45, 2.75) is 81.8 Å². The molecule has 0 heterocycles. The van der Waals surface area contributed by atoms with E-state index < -0.39 is 15.6 Å². The maximum absolute atomic E-state index is 13.0. The van der Waals surface area contributed by atoms with Crippen LogP contribution in [0.5, 0.6) is 0 Å². The van der Waals surface area contributed by atoms with Crippen molar-refractivity contribution in [3.63, 3.8) is 0 Å². The number of nitrogens with zero attached hydrogens (tertiary/aromatic N) is 1. The minimum absolute atomic E-state index is 0.0436. The fourth-order valence-corrected chi connectivity index (χ4v) is 4.97. The molecule has 25 heavy (non-hydrogen) atoms. The number of hydrogen-bond acceptors (Lipinski definition) is 3. The monoisotopic (exact) mass is 364 g/mol. The van der Waals surface area contributed by atoms with Crippen molar-refractivity contribution in [3.8, 4) is 0 Å². The lowest BCUT2D eigenvalue weighted by Crippen LogP contribution is -2.41. The SMILES string of the molecule is CC(C)(C)NS(=O)(=O)c1ccc(C(=O)N(C2CCCC2)C2CC2)cc1. The maximum Gasteiger partial charge on any atom is 0.254 e. The van der Waals surface area contributed by atoms with Crippen molar-refractivity contribution in [2.75, 3.05) is 0 Å². The second-order valence-corrected chi connectivity index (χ2v) is 9.94. The predicted molar refractivity (Wildman–Crippen MR) is 98.0 cm³/mol. The Morgan fingerprint density at radius 1 is 1.00 bits per heavy atom. The third kappa shape index (κ3) is 4.42. The van der Waals surface area contributed by atoms with Crippen LogP contribution in [0, 0.1) is 0 Å². The molecule has 0 aromatic heterocycles. The Morgan fingerprint density at radius 3 is 2.00 bits per heavy atom. The van der Waals surface area contributed by atoms with Crippen LogP contribution in [0.1, 0.15) is 69.7 Å². The summed E-state index contributed by atoms with van der Waals surface area (Å²) < 4.78 is 27.4. The van der Waals surface area contributed by atoms with Crippen LogP contribution >= 0.6 is 0 Å². The molecule has 1 aromatic carbocycles. The Balaban J connectivity index is 1.78. The second-order valence-electron chi connectivity index (χ2n) is 8.26. The lowest BCUT2D eigenvalue weighted by Gasteiger charge is -2.29. The largest absolute Gasteiger partial charge is 0.333 e. The highest BCUT2D eigenvalue weighted by atomic mass is 32.2. The standard InChI is InChI=1S/C19H28N2O3S/c1-19(2,3)20-25(23,24)17-12-8-14(9-13-17)18(22)21(16-10-11-16)15-6-4-5-7-15/h8-9,12-13,15-16,20H,4-7,10-11H2,1-3H3. The molecule has 0 bridgehead atoms. The third-order valence-corrected chi connectivity index (χ3v) is 6.52. The molecule has 2 aliphatic rings. The van der Waals surface area contributed by atoms with Gasteiger partial charge in [0, 0.05) is 23.2 Å². The summed E-state index contributed by atoms with van der Waals surface area (Å²) in [5, 5.41) is 0. The molecule has 0 aliphatic heterocycles. The quantitative estimate of drug-likeness (QED) is 0.872. The zero-order valence-electron chi connectivity index (χ0n) is 15.3. The third-order valence-electron chi connectivity index (χ3n) is 4.74. The van der Waals surface area contributed by atoms with Crippen LogP contribution in [0.15, 0.2) is 29.2 Å². The molecule has 1 amide bonds. The van der Waals surface area contributed by atoms with Crippen molar-refractivity contribution in [1.82, 2.24) is 9.62 Å². The first-order chi connectivity index (χ1) is 11.7. The van der Waals surface area contributed by atoms with Crippen molar-refractivity contribution in [3.05, 3.63) is 29.8 Å². The highest BCUT2D eigenvalue weighted by molar-refractivity contribution is 7.89. The van der Waals surface area contributed by atoms with Crippen molar-refractivity contribution < 1.29 is 13.2 Å². The van der Waals surface area contributed by atoms with Crippen LogP contribution in [0.3, 0.4) is 0 Å².